The van der Waals surface area contributed by atoms with Crippen LogP contribution in [0.15, 0.2) is 156 Å². The first-order chi connectivity index (χ1) is 31.9. The number of hydrogen-bond acceptors (Lipinski definition) is 4. The maximum Gasteiger partial charge on any atom is 0.269 e. The summed E-state index contributed by atoms with van der Waals surface area (Å²) >= 11 is 1.93. The first kappa shape index (κ1) is 38.1. The van der Waals surface area contributed by atoms with Crippen LogP contribution < -0.4 is 25.3 Å². The summed E-state index contributed by atoms with van der Waals surface area (Å²) in [7, 11) is 2.21. The Bertz CT molecular complexity index is 4080. The van der Waals surface area contributed by atoms with Crippen LogP contribution in [0.2, 0.25) is 0 Å². The van der Waals surface area contributed by atoms with Crippen molar-refractivity contribution in [1.29, 1.82) is 0 Å². The molecule has 318 valence electrons. The minimum Gasteiger partial charge on any atom is -0.456 e. The molecule has 66 heavy (non-hydrogen) atoms. The summed E-state index contributed by atoms with van der Waals surface area (Å²) in [5.74, 6) is 1.77. The maximum absolute atomic E-state index is 7.59. The third-order valence-electron chi connectivity index (χ3n) is 14.7. The van der Waals surface area contributed by atoms with Gasteiger partial charge in [-0.05, 0) is 99.6 Å². The van der Waals surface area contributed by atoms with Crippen LogP contribution in [0.25, 0.3) is 81.3 Å². The fourth-order valence-electron chi connectivity index (χ4n) is 11.5. The van der Waals surface area contributed by atoms with E-state index in [2.05, 4.69) is 214 Å². The third kappa shape index (κ3) is 5.01. The molecule has 2 aliphatic rings. The van der Waals surface area contributed by atoms with Crippen molar-refractivity contribution >= 4 is 126 Å². The third-order valence-corrected chi connectivity index (χ3v) is 15.9. The molecule has 0 aliphatic carbocycles. The predicted octanol–water partition coefficient (Wildman–Crippen LogP) is 14.5. The minimum atomic E-state index is -0.0900. The molecule has 0 atom stereocenters. The summed E-state index contributed by atoms with van der Waals surface area (Å²) in [6.07, 6.45) is 0. The van der Waals surface area contributed by atoms with Crippen LogP contribution in [0.5, 0.6) is 11.5 Å². The van der Waals surface area contributed by atoms with Crippen molar-refractivity contribution in [2.24, 2.45) is 7.05 Å². The van der Waals surface area contributed by atoms with Crippen LogP contribution in [0.4, 0.5) is 17.1 Å². The zero-order valence-electron chi connectivity index (χ0n) is 38.1. The lowest BCUT2D eigenvalue weighted by molar-refractivity contribution is 0.486. The Kier molecular flexibility index (Phi) is 7.49. The highest BCUT2D eigenvalue weighted by atomic mass is 32.1. The van der Waals surface area contributed by atoms with Gasteiger partial charge in [-0.3, -0.25) is 0 Å². The minimum absolute atomic E-state index is 0.0155. The lowest BCUT2D eigenvalue weighted by Crippen LogP contribution is -2.58. The SMILES string of the molecule is Cn1c2ccccc2c2cc3c(c(-n4c5ccccc5c5c6oc7ccccc7c6ccc54)c21)Oc1cccc2c1B3c1sc3ccc(C(C)(C)C)cc3c1N2c1ccc(C(C)(C)C)cc1. The lowest BCUT2D eigenvalue weighted by Gasteiger charge is -2.39. The van der Waals surface area contributed by atoms with E-state index in [0.717, 1.165) is 77.8 Å². The summed E-state index contributed by atoms with van der Waals surface area (Å²) in [6, 6.07) is 56.1. The molecule has 0 amide bonds. The van der Waals surface area contributed by atoms with E-state index >= 15 is 0 Å². The molecular weight excluding hydrogens is 826 g/mol. The standard InChI is InChI=1S/C59H46BN3O2S/c1-58(2,3)33-23-26-35(27-24-33)62-46-20-14-22-48-51(46)60(57-53(62)41-31-34(59(4,5)6)25-30-49(41)66-57)42-32-40-36-15-8-11-18-43(36)61(7)52(40)54(56(42)65-48)63-44-19-12-9-17-39(44)50-45(63)29-28-38-37-16-10-13-21-47(37)64-55(38)50/h8-32H,1-7H3. The van der Waals surface area contributed by atoms with Gasteiger partial charge in [0.2, 0.25) is 0 Å². The second-order valence-corrected chi connectivity index (χ2v) is 21.6. The fourth-order valence-corrected chi connectivity index (χ4v) is 12.8. The molecule has 0 unspecified atom stereocenters. The Morgan fingerprint density at radius 3 is 2.06 bits per heavy atom. The predicted molar refractivity (Wildman–Crippen MR) is 281 cm³/mol. The molecule has 0 N–H and O–H groups in total. The molecule has 7 heteroatoms. The number of anilines is 3. The van der Waals surface area contributed by atoms with Crippen molar-refractivity contribution in [3.8, 4) is 17.2 Å². The van der Waals surface area contributed by atoms with E-state index < -0.39 is 0 Å². The zero-order chi connectivity index (χ0) is 44.5. The number of para-hydroxylation sites is 3. The highest BCUT2D eigenvalue weighted by Gasteiger charge is 2.46. The summed E-state index contributed by atoms with van der Waals surface area (Å²) < 4.78 is 21.9. The van der Waals surface area contributed by atoms with E-state index in [1.807, 2.05) is 11.3 Å². The number of thiophene rings is 1. The molecule has 12 aromatic rings. The number of nitrogens with zero attached hydrogens (tertiary/aromatic N) is 3. The molecule has 4 aromatic heterocycles. The van der Waals surface area contributed by atoms with Crippen LogP contribution in [-0.4, -0.2) is 15.8 Å². The Labute approximate surface area is 387 Å². The average Bonchev–Trinajstić information content (AvgIpc) is 4.06. The van der Waals surface area contributed by atoms with Crippen LogP contribution in [-0.2, 0) is 17.9 Å². The molecule has 0 spiro atoms. The van der Waals surface area contributed by atoms with Crippen molar-refractivity contribution in [3.05, 3.63) is 163 Å². The van der Waals surface area contributed by atoms with E-state index in [0.29, 0.717) is 0 Å². The van der Waals surface area contributed by atoms with Gasteiger partial charge in [-0.25, -0.2) is 0 Å². The topological polar surface area (TPSA) is 35.5 Å². The fraction of sp³-hybridized carbons (Fsp3) is 0.153. The molecule has 0 radical (unpaired) electrons. The smallest absolute Gasteiger partial charge is 0.269 e. The molecule has 8 aromatic carbocycles. The molecule has 0 bridgehead atoms. The van der Waals surface area contributed by atoms with Gasteiger partial charge >= 0.3 is 0 Å². The van der Waals surface area contributed by atoms with E-state index in [4.69, 9.17) is 9.15 Å². The summed E-state index contributed by atoms with van der Waals surface area (Å²) in [4.78, 5) is 2.53. The normalized spacial score (nSPS) is 13.7. The highest BCUT2D eigenvalue weighted by molar-refractivity contribution is 7.33. The van der Waals surface area contributed by atoms with Crippen LogP contribution in [0, 0.1) is 0 Å². The molecule has 5 nitrogen and oxygen atoms in total. The maximum atomic E-state index is 7.59. The number of aromatic nitrogens is 2. The molecule has 6 heterocycles. The van der Waals surface area contributed by atoms with Crippen LogP contribution in [0.3, 0.4) is 0 Å². The average molecular weight is 872 g/mol. The van der Waals surface area contributed by atoms with Crippen molar-refractivity contribution < 1.29 is 9.15 Å². The second kappa shape index (κ2) is 13.0. The van der Waals surface area contributed by atoms with Crippen molar-refractivity contribution in [2.75, 3.05) is 4.90 Å². The van der Waals surface area contributed by atoms with Crippen molar-refractivity contribution in [3.63, 3.8) is 0 Å². The zero-order valence-corrected chi connectivity index (χ0v) is 38.9. The Morgan fingerprint density at radius 1 is 0.561 bits per heavy atom. The van der Waals surface area contributed by atoms with Gasteiger partial charge < -0.3 is 23.2 Å². The molecule has 0 saturated heterocycles. The van der Waals surface area contributed by atoms with Gasteiger partial charge in [0.25, 0.3) is 6.71 Å². The Morgan fingerprint density at radius 2 is 1.27 bits per heavy atom. The van der Waals surface area contributed by atoms with Gasteiger partial charge in [-0.1, -0.05) is 126 Å². The van der Waals surface area contributed by atoms with Gasteiger partial charge in [-0.15, -0.1) is 11.3 Å². The van der Waals surface area contributed by atoms with Gasteiger partial charge in [0, 0.05) is 65.7 Å². The first-order valence-corrected chi connectivity index (χ1v) is 23.9. The molecule has 0 fully saturated rings. The number of aryl methyl sites for hydroxylation is 1. The number of fused-ring (bicyclic) bond motifs is 16. The molecule has 0 saturated carbocycles. The Hall–Kier alpha value is -7.22. The van der Waals surface area contributed by atoms with Gasteiger partial charge in [0.05, 0.1) is 27.6 Å². The van der Waals surface area contributed by atoms with Gasteiger partial charge in [-0.2, -0.15) is 0 Å². The van der Waals surface area contributed by atoms with Crippen LogP contribution in [0.1, 0.15) is 52.7 Å². The number of rotatable bonds is 2. The number of hydrogen-bond donors (Lipinski definition) is 0. The van der Waals surface area contributed by atoms with Gasteiger partial charge in [0.15, 0.2) is 0 Å². The van der Waals surface area contributed by atoms with E-state index in [-0.39, 0.29) is 17.5 Å². The van der Waals surface area contributed by atoms with Crippen molar-refractivity contribution in [1.82, 2.24) is 9.13 Å². The first-order valence-electron chi connectivity index (χ1n) is 23.1. The highest BCUT2D eigenvalue weighted by Crippen LogP contribution is 2.50. The summed E-state index contributed by atoms with van der Waals surface area (Å²) in [5.41, 5.74) is 16.0. The van der Waals surface area contributed by atoms with E-state index in [1.165, 1.54) is 58.9 Å². The number of furan rings is 1. The molecule has 2 aliphatic heterocycles. The number of benzene rings is 8. The summed E-state index contributed by atoms with van der Waals surface area (Å²) in [5, 5.41) is 8.22. The number of ether oxygens (including phenoxy) is 1. The van der Waals surface area contributed by atoms with Crippen molar-refractivity contribution in [2.45, 2.75) is 52.4 Å². The van der Waals surface area contributed by atoms with Crippen LogP contribution >= 0.6 is 11.3 Å². The molecule has 14 rings (SSSR count). The Balaban J connectivity index is 1.12. The largest absolute Gasteiger partial charge is 0.456 e. The lowest BCUT2D eigenvalue weighted by atomic mass is 9.37. The monoisotopic (exact) mass is 871 g/mol. The quantitative estimate of drug-likeness (QED) is 0.162. The molecular formula is C59H46BN3O2S. The van der Waals surface area contributed by atoms with E-state index in [9.17, 15) is 0 Å². The summed E-state index contributed by atoms with van der Waals surface area (Å²) in [6.45, 7) is 13.7. The second-order valence-electron chi connectivity index (χ2n) is 20.5. The van der Waals surface area contributed by atoms with E-state index in [1.54, 1.807) is 0 Å². The van der Waals surface area contributed by atoms with Gasteiger partial charge in [0.1, 0.15) is 28.4 Å².